The van der Waals surface area contributed by atoms with E-state index in [9.17, 15) is 0 Å². The molecule has 0 atom stereocenters. The number of ether oxygens (including phenoxy) is 3. The van der Waals surface area contributed by atoms with Crippen LogP contribution >= 0.6 is 11.8 Å². The standard InChI is InChI=1S/C23H23N3O3S/c1-15-3-5-19-17(9-15)11-18-13-26(23(24-7-8-27-2)30-22(18)25-19)12-16-4-6-20-21(10-16)29-14-28-20/h3-6,9-11H,7-8,12-14H2,1-2H3. The number of rotatable bonds is 5. The molecule has 154 valence electrons. The van der Waals surface area contributed by atoms with E-state index in [0.29, 0.717) is 13.2 Å². The lowest BCUT2D eigenvalue weighted by Crippen LogP contribution is -2.32. The average molecular weight is 422 g/mol. The van der Waals surface area contributed by atoms with Crippen LogP contribution < -0.4 is 9.47 Å². The highest BCUT2D eigenvalue weighted by molar-refractivity contribution is 8.13. The summed E-state index contributed by atoms with van der Waals surface area (Å²) in [4.78, 5) is 12.0. The molecule has 30 heavy (non-hydrogen) atoms. The summed E-state index contributed by atoms with van der Waals surface area (Å²) >= 11 is 1.63. The van der Waals surface area contributed by atoms with Gasteiger partial charge in [-0.15, -0.1) is 0 Å². The third kappa shape index (κ3) is 3.82. The van der Waals surface area contributed by atoms with Crippen molar-refractivity contribution in [3.05, 3.63) is 59.2 Å². The summed E-state index contributed by atoms with van der Waals surface area (Å²) in [5.74, 6) is 1.61. The molecule has 0 bridgehead atoms. The van der Waals surface area contributed by atoms with Gasteiger partial charge in [-0.2, -0.15) is 0 Å². The summed E-state index contributed by atoms with van der Waals surface area (Å²) in [5, 5.41) is 3.18. The summed E-state index contributed by atoms with van der Waals surface area (Å²) in [6.45, 7) is 5.12. The smallest absolute Gasteiger partial charge is 0.231 e. The van der Waals surface area contributed by atoms with Crippen LogP contribution in [0.5, 0.6) is 11.5 Å². The maximum atomic E-state index is 5.55. The summed E-state index contributed by atoms with van der Waals surface area (Å²) in [5.41, 5.74) is 4.65. The molecule has 3 aromatic rings. The zero-order chi connectivity index (χ0) is 20.5. The van der Waals surface area contributed by atoms with Crippen molar-refractivity contribution in [1.29, 1.82) is 0 Å². The molecule has 0 spiro atoms. The van der Waals surface area contributed by atoms with Crippen LogP contribution in [0.25, 0.3) is 10.9 Å². The van der Waals surface area contributed by atoms with Crippen molar-refractivity contribution in [3.63, 3.8) is 0 Å². The first-order valence-electron chi connectivity index (χ1n) is 9.94. The summed E-state index contributed by atoms with van der Waals surface area (Å²) in [7, 11) is 1.70. The molecule has 7 heteroatoms. The number of hydrogen-bond donors (Lipinski definition) is 0. The zero-order valence-electron chi connectivity index (χ0n) is 17.1. The fourth-order valence-electron chi connectivity index (χ4n) is 3.70. The Hall–Kier alpha value is -2.77. The third-order valence-corrected chi connectivity index (χ3v) is 6.30. The van der Waals surface area contributed by atoms with Gasteiger partial charge in [0.05, 0.1) is 18.7 Å². The highest BCUT2D eigenvalue weighted by Gasteiger charge is 2.25. The van der Waals surface area contributed by atoms with E-state index in [1.54, 1.807) is 18.9 Å². The number of pyridine rings is 1. The van der Waals surface area contributed by atoms with E-state index in [4.69, 9.17) is 24.2 Å². The van der Waals surface area contributed by atoms with E-state index in [0.717, 1.165) is 45.9 Å². The van der Waals surface area contributed by atoms with Crippen LogP contribution in [-0.2, 0) is 17.8 Å². The first kappa shape index (κ1) is 19.2. The van der Waals surface area contributed by atoms with Crippen molar-refractivity contribution < 1.29 is 14.2 Å². The van der Waals surface area contributed by atoms with Gasteiger partial charge in [0.15, 0.2) is 16.7 Å². The van der Waals surface area contributed by atoms with Crippen LogP contribution in [0.1, 0.15) is 16.7 Å². The van der Waals surface area contributed by atoms with Crippen LogP contribution in [0, 0.1) is 6.92 Å². The molecule has 2 aliphatic rings. The van der Waals surface area contributed by atoms with E-state index in [2.05, 4.69) is 48.2 Å². The Kier molecular flexibility index (Phi) is 5.23. The Morgan fingerprint density at radius 2 is 2.03 bits per heavy atom. The predicted octanol–water partition coefficient (Wildman–Crippen LogP) is 4.38. The second kappa shape index (κ2) is 8.16. The third-order valence-electron chi connectivity index (χ3n) is 5.18. The van der Waals surface area contributed by atoms with Crippen molar-refractivity contribution in [2.24, 2.45) is 4.99 Å². The molecule has 5 rings (SSSR count). The molecule has 0 amide bonds. The number of amidine groups is 1. The lowest BCUT2D eigenvalue weighted by atomic mass is 10.1. The SMILES string of the molecule is COCCN=C1Sc2nc3ccc(C)cc3cc2CN1Cc1ccc2c(c1)OCO2. The van der Waals surface area contributed by atoms with Crippen molar-refractivity contribution >= 4 is 27.8 Å². The number of nitrogens with zero attached hydrogens (tertiary/aromatic N) is 3. The van der Waals surface area contributed by atoms with E-state index < -0.39 is 0 Å². The largest absolute Gasteiger partial charge is 0.454 e. The molecule has 0 N–H and O–H groups in total. The molecule has 1 aromatic heterocycles. The summed E-state index contributed by atoms with van der Waals surface area (Å²) in [6.07, 6.45) is 0. The lowest BCUT2D eigenvalue weighted by molar-refractivity contribution is 0.174. The molecule has 0 unspecified atom stereocenters. The summed E-state index contributed by atoms with van der Waals surface area (Å²) < 4.78 is 16.2. The molecular formula is C23H23N3O3S. The van der Waals surface area contributed by atoms with Crippen molar-refractivity contribution in [1.82, 2.24) is 9.88 Å². The van der Waals surface area contributed by atoms with Crippen LogP contribution in [0.4, 0.5) is 0 Å². The van der Waals surface area contributed by atoms with Gasteiger partial charge in [0.25, 0.3) is 0 Å². The molecule has 2 aromatic carbocycles. The number of hydrogen-bond acceptors (Lipinski definition) is 6. The van der Waals surface area contributed by atoms with Gasteiger partial charge in [0.1, 0.15) is 5.03 Å². The first-order valence-corrected chi connectivity index (χ1v) is 10.8. The topological polar surface area (TPSA) is 56.2 Å². The van der Waals surface area contributed by atoms with Gasteiger partial charge in [-0.1, -0.05) is 17.7 Å². The van der Waals surface area contributed by atoms with Crippen LogP contribution in [-0.4, -0.2) is 42.1 Å². The fraction of sp³-hybridized carbons (Fsp3) is 0.304. The van der Waals surface area contributed by atoms with Crippen molar-refractivity contribution in [2.75, 3.05) is 27.1 Å². The molecule has 0 saturated heterocycles. The Bertz CT molecular complexity index is 1130. The Morgan fingerprint density at radius 3 is 2.93 bits per heavy atom. The number of methoxy groups -OCH3 is 1. The normalized spacial score (nSPS) is 16.3. The van der Waals surface area contributed by atoms with Gasteiger partial charge in [-0.25, -0.2) is 4.98 Å². The zero-order valence-corrected chi connectivity index (χ0v) is 17.9. The van der Waals surface area contributed by atoms with Gasteiger partial charge in [-0.05, 0) is 54.6 Å². The second-order valence-electron chi connectivity index (χ2n) is 7.45. The van der Waals surface area contributed by atoms with E-state index in [-0.39, 0.29) is 6.79 Å². The van der Waals surface area contributed by atoms with Crippen LogP contribution in [0.15, 0.2) is 52.5 Å². The number of aromatic nitrogens is 1. The number of aliphatic imine (C=N–C) groups is 1. The lowest BCUT2D eigenvalue weighted by Gasteiger charge is -2.31. The molecule has 0 aliphatic carbocycles. The minimum absolute atomic E-state index is 0.285. The van der Waals surface area contributed by atoms with Gasteiger partial charge in [-0.3, -0.25) is 4.99 Å². The van der Waals surface area contributed by atoms with Gasteiger partial charge in [0.2, 0.25) is 6.79 Å². The minimum atomic E-state index is 0.285. The minimum Gasteiger partial charge on any atom is -0.454 e. The van der Waals surface area contributed by atoms with E-state index in [1.807, 2.05) is 6.07 Å². The molecule has 0 saturated carbocycles. The first-order chi connectivity index (χ1) is 14.7. The van der Waals surface area contributed by atoms with Gasteiger partial charge >= 0.3 is 0 Å². The van der Waals surface area contributed by atoms with Crippen LogP contribution in [0.3, 0.4) is 0 Å². The highest BCUT2D eigenvalue weighted by Crippen LogP contribution is 2.36. The molecule has 3 heterocycles. The molecule has 0 fully saturated rings. The Labute approximate surface area is 179 Å². The molecule has 2 aliphatic heterocycles. The Morgan fingerprint density at radius 1 is 1.13 bits per heavy atom. The maximum absolute atomic E-state index is 5.55. The van der Waals surface area contributed by atoms with Crippen molar-refractivity contribution in [2.45, 2.75) is 25.0 Å². The molecular weight excluding hydrogens is 398 g/mol. The maximum Gasteiger partial charge on any atom is 0.231 e. The average Bonchev–Trinajstić information content (AvgIpc) is 3.21. The van der Waals surface area contributed by atoms with Gasteiger partial charge in [0, 0.05) is 31.1 Å². The fourth-order valence-corrected chi connectivity index (χ4v) is 4.68. The monoisotopic (exact) mass is 421 g/mol. The summed E-state index contributed by atoms with van der Waals surface area (Å²) in [6, 6.07) is 14.8. The predicted molar refractivity (Wildman–Crippen MR) is 118 cm³/mol. The van der Waals surface area contributed by atoms with E-state index in [1.165, 1.54) is 16.5 Å². The quantitative estimate of drug-likeness (QED) is 0.570. The number of thioether (sulfide) groups is 1. The second-order valence-corrected chi connectivity index (χ2v) is 8.41. The molecule has 0 radical (unpaired) electrons. The number of aryl methyl sites for hydroxylation is 1. The van der Waals surface area contributed by atoms with E-state index >= 15 is 0 Å². The highest BCUT2D eigenvalue weighted by atomic mass is 32.2. The molecule has 6 nitrogen and oxygen atoms in total. The van der Waals surface area contributed by atoms with Crippen LogP contribution in [0.2, 0.25) is 0 Å². The van der Waals surface area contributed by atoms with Crippen molar-refractivity contribution in [3.8, 4) is 11.5 Å². The Balaban J connectivity index is 1.47. The number of benzene rings is 2. The van der Waals surface area contributed by atoms with Gasteiger partial charge < -0.3 is 19.1 Å². The number of fused-ring (bicyclic) bond motifs is 3.